The first-order valence-electron chi connectivity index (χ1n) is 13.1. The van der Waals surface area contributed by atoms with Crippen LogP contribution in [-0.4, -0.2) is 93.3 Å². The Balaban J connectivity index is 0.00000137. The number of ether oxygens (including phenoxy) is 1. The number of aromatic amines is 1. The van der Waals surface area contributed by atoms with Gasteiger partial charge in [0.1, 0.15) is 9.71 Å². The Bertz CT molecular complexity index is 1360. The van der Waals surface area contributed by atoms with Gasteiger partial charge >= 0.3 is 0 Å². The second-order valence-corrected chi connectivity index (χ2v) is 9.96. The van der Waals surface area contributed by atoms with Gasteiger partial charge in [-0.15, -0.1) is 11.3 Å². The van der Waals surface area contributed by atoms with Crippen LogP contribution in [0.5, 0.6) is 0 Å². The van der Waals surface area contributed by atoms with Crippen LogP contribution in [0, 0.1) is 0 Å². The lowest BCUT2D eigenvalue weighted by molar-refractivity contribution is -0.132. The molecule has 37 heavy (non-hydrogen) atoms. The van der Waals surface area contributed by atoms with E-state index >= 15 is 0 Å². The molecular formula is C26H34N8O2S. The molecule has 1 amide bonds. The van der Waals surface area contributed by atoms with Crippen LogP contribution in [0.3, 0.4) is 0 Å². The molecule has 11 heteroatoms. The van der Waals surface area contributed by atoms with Crippen molar-refractivity contribution in [1.29, 1.82) is 0 Å². The summed E-state index contributed by atoms with van der Waals surface area (Å²) in [7, 11) is 0. The van der Waals surface area contributed by atoms with E-state index in [0.29, 0.717) is 25.5 Å². The molecule has 0 spiro atoms. The monoisotopic (exact) mass is 522 g/mol. The zero-order valence-electron chi connectivity index (χ0n) is 21.7. The molecule has 196 valence electrons. The van der Waals surface area contributed by atoms with Gasteiger partial charge in [-0.1, -0.05) is 32.9 Å². The number of hydrogen-bond acceptors (Lipinski definition) is 9. The second kappa shape index (κ2) is 11.5. The summed E-state index contributed by atoms with van der Waals surface area (Å²) in [5.41, 5.74) is 2.63. The summed E-state index contributed by atoms with van der Waals surface area (Å²) in [6, 6.07) is 6.03. The number of nitrogens with zero attached hydrogens (tertiary/aromatic N) is 7. The fourth-order valence-corrected chi connectivity index (χ4v) is 5.83. The van der Waals surface area contributed by atoms with Crippen molar-refractivity contribution in [3.8, 4) is 11.4 Å². The van der Waals surface area contributed by atoms with E-state index in [9.17, 15) is 4.79 Å². The van der Waals surface area contributed by atoms with Crippen molar-refractivity contribution in [1.82, 2.24) is 34.9 Å². The van der Waals surface area contributed by atoms with Gasteiger partial charge in [-0.2, -0.15) is 5.10 Å². The molecule has 2 aliphatic heterocycles. The van der Waals surface area contributed by atoms with Gasteiger partial charge in [-0.25, -0.2) is 15.0 Å². The molecule has 5 heterocycles. The van der Waals surface area contributed by atoms with E-state index in [1.807, 2.05) is 50.1 Å². The first kappa shape index (κ1) is 25.5. The zero-order chi connectivity index (χ0) is 25.8. The van der Waals surface area contributed by atoms with Crippen LogP contribution in [-0.2, 0) is 16.1 Å². The molecule has 0 saturated carbocycles. The summed E-state index contributed by atoms with van der Waals surface area (Å²) in [6.07, 6.45) is 2.39. The number of hydrogen-bond donors (Lipinski definition) is 1. The summed E-state index contributed by atoms with van der Waals surface area (Å²) in [6.45, 7) is 12.9. The minimum atomic E-state index is 0.232. The molecule has 2 fully saturated rings. The number of anilines is 1. The van der Waals surface area contributed by atoms with Crippen molar-refractivity contribution < 1.29 is 9.53 Å². The minimum absolute atomic E-state index is 0.232. The van der Waals surface area contributed by atoms with Crippen LogP contribution in [0.1, 0.15) is 32.2 Å². The molecule has 4 aromatic rings. The normalized spacial score (nSPS) is 16.7. The van der Waals surface area contributed by atoms with E-state index in [1.165, 1.54) is 0 Å². The highest BCUT2D eigenvalue weighted by atomic mass is 32.1. The molecule has 0 unspecified atom stereocenters. The second-order valence-electron chi connectivity index (χ2n) is 8.88. The number of nitrogens with one attached hydrogen (secondary N) is 1. The predicted octanol–water partition coefficient (Wildman–Crippen LogP) is 3.55. The van der Waals surface area contributed by atoms with Crippen LogP contribution in [0.2, 0.25) is 0 Å². The topological polar surface area (TPSA) is 103 Å². The van der Waals surface area contributed by atoms with Crippen LogP contribution in [0.15, 0.2) is 24.4 Å². The average molecular weight is 523 g/mol. The van der Waals surface area contributed by atoms with Gasteiger partial charge in [0, 0.05) is 56.6 Å². The van der Waals surface area contributed by atoms with Gasteiger partial charge in [0.25, 0.3) is 0 Å². The summed E-state index contributed by atoms with van der Waals surface area (Å²) in [5, 5.41) is 9.25. The van der Waals surface area contributed by atoms with Crippen LogP contribution in [0.25, 0.3) is 32.6 Å². The number of benzene rings is 1. The van der Waals surface area contributed by atoms with Gasteiger partial charge in [0.2, 0.25) is 5.91 Å². The number of morpholine rings is 1. The van der Waals surface area contributed by atoms with Crippen molar-refractivity contribution in [2.24, 2.45) is 0 Å². The highest BCUT2D eigenvalue weighted by Gasteiger charge is 2.24. The van der Waals surface area contributed by atoms with E-state index < -0.39 is 0 Å². The highest BCUT2D eigenvalue weighted by Crippen LogP contribution is 2.34. The zero-order valence-corrected chi connectivity index (χ0v) is 22.6. The Morgan fingerprint density at radius 1 is 1.05 bits per heavy atom. The standard InChI is InChI=1S/C24H28N8O2S.C2H6/c1-2-20(33)31-8-6-30(7-9-31)15-19-26-23-21(35-19)24(32-10-12-34-13-11-32)28-22(27-23)16-4-3-5-18-17(16)14-25-29-18;1-2/h3-5,14H,2,6-13,15H2,1H3,(H,25,29);1-2H3. The summed E-state index contributed by atoms with van der Waals surface area (Å²) in [4.78, 5) is 33.5. The molecule has 2 saturated heterocycles. The fraction of sp³-hybridized carbons (Fsp3) is 0.500. The third kappa shape index (κ3) is 5.29. The van der Waals surface area contributed by atoms with Crippen molar-refractivity contribution in [3.05, 3.63) is 29.4 Å². The van der Waals surface area contributed by atoms with Crippen LogP contribution in [0.4, 0.5) is 5.82 Å². The molecule has 0 atom stereocenters. The smallest absolute Gasteiger partial charge is 0.222 e. The number of carbonyl (C=O) groups excluding carboxylic acids is 1. The predicted molar refractivity (Wildman–Crippen MR) is 147 cm³/mol. The molecule has 0 radical (unpaired) electrons. The maximum atomic E-state index is 12.0. The van der Waals surface area contributed by atoms with Gasteiger partial charge < -0.3 is 14.5 Å². The summed E-state index contributed by atoms with van der Waals surface area (Å²) in [5.74, 6) is 1.82. The SMILES string of the molecule is CC.CCC(=O)N1CCN(Cc2nc3nc(-c4cccc5[nH]ncc45)nc(N4CCOCC4)c3s2)CC1. The molecule has 10 nitrogen and oxygen atoms in total. The molecule has 0 bridgehead atoms. The van der Waals surface area contributed by atoms with E-state index in [1.54, 1.807) is 11.3 Å². The first-order chi connectivity index (χ1) is 18.2. The van der Waals surface area contributed by atoms with Gasteiger partial charge in [-0.05, 0) is 6.07 Å². The fourth-order valence-electron chi connectivity index (χ4n) is 4.76. The van der Waals surface area contributed by atoms with Crippen LogP contribution < -0.4 is 4.90 Å². The Hall–Kier alpha value is -3.15. The average Bonchev–Trinajstić information content (AvgIpc) is 3.60. The van der Waals surface area contributed by atoms with Crippen molar-refractivity contribution >= 4 is 44.3 Å². The van der Waals surface area contributed by atoms with Crippen molar-refractivity contribution in [2.75, 3.05) is 57.4 Å². The van der Waals surface area contributed by atoms with Gasteiger partial charge in [-0.3, -0.25) is 14.8 Å². The van der Waals surface area contributed by atoms with E-state index in [4.69, 9.17) is 19.7 Å². The number of piperazine rings is 1. The molecule has 2 aliphatic rings. The quantitative estimate of drug-likeness (QED) is 0.425. The number of thiazole rings is 1. The number of amides is 1. The van der Waals surface area contributed by atoms with E-state index in [2.05, 4.69) is 20.0 Å². The maximum absolute atomic E-state index is 12.0. The number of rotatable bonds is 5. The lowest BCUT2D eigenvalue weighted by Gasteiger charge is -2.34. The third-order valence-corrected chi connectivity index (χ3v) is 7.73. The minimum Gasteiger partial charge on any atom is -0.378 e. The summed E-state index contributed by atoms with van der Waals surface area (Å²) >= 11 is 1.67. The lowest BCUT2D eigenvalue weighted by atomic mass is 10.1. The molecule has 1 aromatic carbocycles. The van der Waals surface area contributed by atoms with E-state index in [0.717, 1.165) is 83.5 Å². The molecule has 3 aromatic heterocycles. The number of H-pyrrole nitrogens is 1. The third-order valence-electron chi connectivity index (χ3n) is 6.70. The Kier molecular flexibility index (Phi) is 7.92. The lowest BCUT2D eigenvalue weighted by Crippen LogP contribution is -2.48. The number of carbonyl (C=O) groups is 1. The van der Waals surface area contributed by atoms with E-state index in [-0.39, 0.29) is 5.91 Å². The Morgan fingerprint density at radius 2 is 1.84 bits per heavy atom. The largest absolute Gasteiger partial charge is 0.378 e. The Morgan fingerprint density at radius 3 is 2.59 bits per heavy atom. The van der Waals surface area contributed by atoms with Gasteiger partial charge in [0.15, 0.2) is 17.3 Å². The molecule has 1 N–H and O–H groups in total. The van der Waals surface area contributed by atoms with Crippen LogP contribution >= 0.6 is 11.3 Å². The highest BCUT2D eigenvalue weighted by molar-refractivity contribution is 7.19. The van der Waals surface area contributed by atoms with Crippen molar-refractivity contribution in [3.63, 3.8) is 0 Å². The first-order valence-corrected chi connectivity index (χ1v) is 13.9. The molecule has 0 aliphatic carbocycles. The molecular weight excluding hydrogens is 488 g/mol. The number of fused-ring (bicyclic) bond motifs is 2. The maximum Gasteiger partial charge on any atom is 0.222 e. The van der Waals surface area contributed by atoms with Gasteiger partial charge in [0.05, 0.1) is 31.5 Å². The molecule has 6 rings (SSSR count). The number of aromatic nitrogens is 5. The summed E-state index contributed by atoms with van der Waals surface area (Å²) < 4.78 is 6.61. The Labute approximate surface area is 220 Å². The van der Waals surface area contributed by atoms with Crippen molar-refractivity contribution in [2.45, 2.75) is 33.7 Å².